The first-order chi connectivity index (χ1) is 22.9. The fourth-order valence-electron chi connectivity index (χ4n) is 4.72. The average molecular weight is 675 g/mol. The zero-order chi connectivity index (χ0) is 34.6. The van der Waals surface area contributed by atoms with E-state index in [9.17, 15) is 24.0 Å². The van der Waals surface area contributed by atoms with Gasteiger partial charge in [0.05, 0.1) is 59.3 Å². The lowest BCUT2D eigenvalue weighted by atomic mass is 10.0. The molecule has 0 aromatic rings. The summed E-state index contributed by atoms with van der Waals surface area (Å²) in [5, 5.41) is 23.0. The Bertz CT molecular complexity index is 798. The Hall–Kier alpha value is -2.61. The van der Waals surface area contributed by atoms with Gasteiger partial charge in [-0.3, -0.25) is 14.4 Å². The molecule has 1 atom stereocenters. The average Bonchev–Trinajstić information content (AvgIpc) is 3.04. The minimum absolute atomic E-state index is 0.0103. The summed E-state index contributed by atoms with van der Waals surface area (Å²) in [7, 11) is 0. The maximum atomic E-state index is 12.0. The molecule has 47 heavy (non-hydrogen) atoms. The number of rotatable bonds is 37. The first-order valence-electron chi connectivity index (χ1n) is 17.6. The molecule has 0 spiro atoms. The first-order valence-corrected chi connectivity index (χ1v) is 17.6. The van der Waals surface area contributed by atoms with E-state index in [0.29, 0.717) is 71.9 Å². The zero-order valence-electron chi connectivity index (χ0n) is 28.5. The van der Waals surface area contributed by atoms with Gasteiger partial charge in [-0.1, -0.05) is 77.0 Å². The number of ether oxygens (including phenoxy) is 4. The minimum Gasteiger partial charge on any atom is -0.481 e. The molecule has 0 heterocycles. The van der Waals surface area contributed by atoms with E-state index in [-0.39, 0.29) is 37.7 Å². The van der Waals surface area contributed by atoms with Gasteiger partial charge in [-0.25, -0.2) is 4.79 Å². The summed E-state index contributed by atoms with van der Waals surface area (Å²) in [5.74, 6) is -2.18. The third-order valence-electron chi connectivity index (χ3n) is 7.41. The normalized spacial score (nSPS) is 11.7. The van der Waals surface area contributed by atoms with E-state index < -0.39 is 18.0 Å². The SMILES string of the molecule is O=CCC[C@H](NC(=O)CCCCCCCCCCCCCCCCC(=O)NCCOCCOCCOCCOCCC(=O)O)C(=O)O. The van der Waals surface area contributed by atoms with E-state index in [1.54, 1.807) is 0 Å². The third kappa shape index (κ3) is 34.5. The summed E-state index contributed by atoms with van der Waals surface area (Å²) >= 11 is 0. The van der Waals surface area contributed by atoms with Crippen LogP contribution in [0.1, 0.15) is 122 Å². The van der Waals surface area contributed by atoms with Crippen molar-refractivity contribution in [3.05, 3.63) is 0 Å². The smallest absolute Gasteiger partial charge is 0.326 e. The molecule has 0 aromatic carbocycles. The molecule has 0 saturated carbocycles. The van der Waals surface area contributed by atoms with Crippen molar-refractivity contribution in [2.75, 3.05) is 59.4 Å². The molecule has 2 amide bonds. The summed E-state index contributed by atoms with van der Waals surface area (Å²) in [6.07, 6.45) is 17.5. The second-order valence-corrected chi connectivity index (χ2v) is 11.6. The number of aldehydes is 1. The molecule has 274 valence electrons. The van der Waals surface area contributed by atoms with Crippen LogP contribution in [0.2, 0.25) is 0 Å². The zero-order valence-corrected chi connectivity index (χ0v) is 28.5. The molecule has 0 aromatic heterocycles. The number of hydrogen-bond acceptors (Lipinski definition) is 9. The van der Waals surface area contributed by atoms with Gasteiger partial charge >= 0.3 is 11.9 Å². The Labute approximate surface area is 281 Å². The van der Waals surface area contributed by atoms with Gasteiger partial charge < -0.3 is 44.6 Å². The van der Waals surface area contributed by atoms with Crippen molar-refractivity contribution in [3.8, 4) is 0 Å². The highest BCUT2D eigenvalue weighted by molar-refractivity contribution is 5.83. The third-order valence-corrected chi connectivity index (χ3v) is 7.41. The molecular formula is C34H62N2O11. The fraction of sp³-hybridized carbons (Fsp3) is 0.853. The molecule has 4 N–H and O–H groups in total. The van der Waals surface area contributed by atoms with Gasteiger partial charge in [0.1, 0.15) is 12.3 Å². The topological polar surface area (TPSA) is 187 Å². The number of carboxylic acid groups (broad SMARTS) is 2. The second-order valence-electron chi connectivity index (χ2n) is 11.6. The van der Waals surface area contributed by atoms with Crippen molar-refractivity contribution < 1.29 is 53.1 Å². The predicted octanol–water partition coefficient (Wildman–Crippen LogP) is 4.43. The molecule has 0 fully saturated rings. The Morgan fingerprint density at radius 1 is 0.532 bits per heavy atom. The summed E-state index contributed by atoms with van der Waals surface area (Å²) in [5.41, 5.74) is 0. The maximum absolute atomic E-state index is 12.0. The van der Waals surface area contributed by atoms with Crippen LogP contribution in [-0.2, 0) is 42.9 Å². The van der Waals surface area contributed by atoms with Crippen molar-refractivity contribution in [2.45, 2.75) is 128 Å². The standard InChI is InChI=1S/C34H62N2O11/c37-21-15-16-30(34(42)43)36-32(39)18-14-12-10-8-6-4-2-1-3-5-7-9-11-13-17-31(38)35-20-23-45-25-27-47-29-28-46-26-24-44-22-19-33(40)41/h21,30H,1-20,22-29H2,(H,35,38)(H,36,39)(H,40,41)(H,42,43)/t30-/m0/s1. The number of carbonyl (C=O) groups excluding carboxylic acids is 3. The van der Waals surface area contributed by atoms with E-state index >= 15 is 0 Å². The van der Waals surface area contributed by atoms with Crippen LogP contribution < -0.4 is 10.6 Å². The van der Waals surface area contributed by atoms with Crippen LogP contribution in [0.25, 0.3) is 0 Å². The van der Waals surface area contributed by atoms with Gasteiger partial charge in [-0.15, -0.1) is 0 Å². The number of aliphatic carboxylic acids is 2. The van der Waals surface area contributed by atoms with Crippen LogP contribution in [0.3, 0.4) is 0 Å². The second kappa shape index (κ2) is 34.7. The van der Waals surface area contributed by atoms with Crippen LogP contribution in [0.15, 0.2) is 0 Å². The monoisotopic (exact) mass is 674 g/mol. The highest BCUT2D eigenvalue weighted by Gasteiger charge is 2.18. The van der Waals surface area contributed by atoms with Crippen LogP contribution >= 0.6 is 0 Å². The van der Waals surface area contributed by atoms with Crippen LogP contribution in [-0.4, -0.2) is 106 Å². The Morgan fingerprint density at radius 2 is 0.936 bits per heavy atom. The van der Waals surface area contributed by atoms with Gasteiger partial charge in [0.25, 0.3) is 0 Å². The molecule has 0 aliphatic heterocycles. The number of nitrogens with one attached hydrogen (secondary N) is 2. The predicted molar refractivity (Wildman–Crippen MR) is 177 cm³/mol. The number of unbranched alkanes of at least 4 members (excludes halogenated alkanes) is 13. The van der Waals surface area contributed by atoms with E-state index in [0.717, 1.165) is 44.9 Å². The molecule has 0 aliphatic rings. The number of amides is 2. The van der Waals surface area contributed by atoms with Crippen molar-refractivity contribution in [2.24, 2.45) is 0 Å². The van der Waals surface area contributed by atoms with Crippen molar-refractivity contribution >= 4 is 30.0 Å². The van der Waals surface area contributed by atoms with Gasteiger partial charge in [-0.2, -0.15) is 0 Å². The fourth-order valence-corrected chi connectivity index (χ4v) is 4.72. The molecule has 0 saturated heterocycles. The summed E-state index contributed by atoms with van der Waals surface area (Å²) in [4.78, 5) is 55.7. The first kappa shape index (κ1) is 44.4. The number of hydrogen-bond donors (Lipinski definition) is 4. The van der Waals surface area contributed by atoms with Crippen LogP contribution in [0, 0.1) is 0 Å². The molecule has 13 heteroatoms. The van der Waals surface area contributed by atoms with Gasteiger partial charge in [0.2, 0.25) is 11.8 Å². The Balaban J connectivity index is 3.31. The maximum Gasteiger partial charge on any atom is 0.326 e. The lowest BCUT2D eigenvalue weighted by molar-refractivity contribution is -0.142. The van der Waals surface area contributed by atoms with E-state index in [1.165, 1.54) is 44.9 Å². The lowest BCUT2D eigenvalue weighted by Gasteiger charge is -2.13. The van der Waals surface area contributed by atoms with Crippen molar-refractivity contribution in [1.29, 1.82) is 0 Å². The lowest BCUT2D eigenvalue weighted by Crippen LogP contribution is -2.40. The summed E-state index contributed by atoms with van der Waals surface area (Å²) in [6.45, 7) is 3.64. The van der Waals surface area contributed by atoms with E-state index in [4.69, 9.17) is 29.2 Å². The Morgan fingerprint density at radius 3 is 1.36 bits per heavy atom. The minimum atomic E-state index is -1.10. The van der Waals surface area contributed by atoms with Crippen molar-refractivity contribution in [1.82, 2.24) is 10.6 Å². The quantitative estimate of drug-likeness (QED) is 0.0539. The highest BCUT2D eigenvalue weighted by atomic mass is 16.6. The van der Waals surface area contributed by atoms with Gasteiger partial charge in [-0.05, 0) is 19.3 Å². The van der Waals surface area contributed by atoms with E-state index in [2.05, 4.69) is 10.6 Å². The molecule has 0 rings (SSSR count). The highest BCUT2D eigenvalue weighted by Crippen LogP contribution is 2.14. The molecule has 0 radical (unpaired) electrons. The van der Waals surface area contributed by atoms with Crippen LogP contribution in [0.4, 0.5) is 0 Å². The van der Waals surface area contributed by atoms with E-state index in [1.807, 2.05) is 0 Å². The molecule has 0 bridgehead atoms. The summed E-state index contributed by atoms with van der Waals surface area (Å²) in [6, 6.07) is -0.986. The van der Waals surface area contributed by atoms with Crippen LogP contribution in [0.5, 0.6) is 0 Å². The number of carbonyl (C=O) groups is 5. The summed E-state index contributed by atoms with van der Waals surface area (Å²) < 4.78 is 21.3. The molecular weight excluding hydrogens is 612 g/mol. The molecule has 13 nitrogen and oxygen atoms in total. The van der Waals surface area contributed by atoms with Crippen molar-refractivity contribution in [3.63, 3.8) is 0 Å². The molecule has 0 unspecified atom stereocenters. The Kier molecular flexibility index (Phi) is 32.8. The van der Waals surface area contributed by atoms with Gasteiger partial charge in [0, 0.05) is 25.8 Å². The largest absolute Gasteiger partial charge is 0.481 e. The number of carboxylic acids is 2. The molecule has 0 aliphatic carbocycles. The van der Waals surface area contributed by atoms with Gasteiger partial charge in [0.15, 0.2) is 0 Å².